The third-order valence-electron chi connectivity index (χ3n) is 4.03. The average molecular weight is 401 g/mol. The molecule has 3 rings (SSSR count). The highest BCUT2D eigenvalue weighted by molar-refractivity contribution is 7.09. The molecule has 3 aromatic rings. The van der Waals surface area contributed by atoms with E-state index in [1.165, 1.54) is 11.3 Å². The van der Waals surface area contributed by atoms with E-state index in [2.05, 4.69) is 4.98 Å². The SMILES string of the molecule is CC(C)N(Cc1ccccc1)C(=O)c1csc(COc2ccc(Cl)cc2)n1. The largest absolute Gasteiger partial charge is 0.486 e. The number of thiazole rings is 1. The van der Waals surface area contributed by atoms with Gasteiger partial charge in [0.15, 0.2) is 0 Å². The van der Waals surface area contributed by atoms with Crippen LogP contribution in [0.1, 0.15) is 34.9 Å². The Bertz CT molecular complexity index is 879. The molecule has 0 atom stereocenters. The smallest absolute Gasteiger partial charge is 0.273 e. The van der Waals surface area contributed by atoms with E-state index in [-0.39, 0.29) is 11.9 Å². The van der Waals surface area contributed by atoms with Gasteiger partial charge in [-0.05, 0) is 43.7 Å². The van der Waals surface area contributed by atoms with Gasteiger partial charge < -0.3 is 9.64 Å². The van der Waals surface area contributed by atoms with Crippen molar-refractivity contribution in [2.75, 3.05) is 0 Å². The summed E-state index contributed by atoms with van der Waals surface area (Å²) in [7, 11) is 0. The lowest BCUT2D eigenvalue weighted by Gasteiger charge is -2.26. The standard InChI is InChI=1S/C21H21ClN2O2S/c1-15(2)24(12-16-6-4-3-5-7-16)21(25)19-14-27-20(23-19)13-26-18-10-8-17(22)9-11-18/h3-11,14-15H,12-13H2,1-2H3. The number of nitrogens with zero attached hydrogens (tertiary/aromatic N) is 2. The molecule has 1 amide bonds. The van der Waals surface area contributed by atoms with Gasteiger partial charge in [0.2, 0.25) is 0 Å². The number of hydrogen-bond donors (Lipinski definition) is 0. The van der Waals surface area contributed by atoms with E-state index in [9.17, 15) is 4.79 Å². The zero-order valence-corrected chi connectivity index (χ0v) is 16.8. The first kappa shape index (κ1) is 19.4. The average Bonchev–Trinajstić information content (AvgIpc) is 3.15. The Kier molecular flexibility index (Phi) is 6.48. The molecule has 140 valence electrons. The second-order valence-electron chi connectivity index (χ2n) is 6.38. The van der Waals surface area contributed by atoms with Crippen LogP contribution in [0.4, 0.5) is 0 Å². The van der Waals surface area contributed by atoms with Crippen LogP contribution in [0.15, 0.2) is 60.0 Å². The van der Waals surface area contributed by atoms with Crippen molar-refractivity contribution in [1.82, 2.24) is 9.88 Å². The van der Waals surface area contributed by atoms with Crippen LogP contribution in [-0.2, 0) is 13.2 Å². The first-order chi connectivity index (χ1) is 13.0. The van der Waals surface area contributed by atoms with Crippen LogP contribution < -0.4 is 4.74 Å². The second-order valence-corrected chi connectivity index (χ2v) is 7.76. The molecule has 0 aliphatic heterocycles. The summed E-state index contributed by atoms with van der Waals surface area (Å²) in [6.45, 7) is 4.90. The predicted octanol–water partition coefficient (Wildman–Crippen LogP) is 5.43. The monoisotopic (exact) mass is 400 g/mol. The van der Waals surface area contributed by atoms with Gasteiger partial charge in [0.05, 0.1) is 0 Å². The van der Waals surface area contributed by atoms with Crippen LogP contribution >= 0.6 is 22.9 Å². The van der Waals surface area contributed by atoms with E-state index in [4.69, 9.17) is 16.3 Å². The van der Waals surface area contributed by atoms with Gasteiger partial charge in [0, 0.05) is 23.0 Å². The number of carbonyl (C=O) groups is 1. The lowest BCUT2D eigenvalue weighted by Crippen LogP contribution is -2.36. The van der Waals surface area contributed by atoms with E-state index >= 15 is 0 Å². The van der Waals surface area contributed by atoms with Crippen LogP contribution in [0.2, 0.25) is 5.02 Å². The predicted molar refractivity (Wildman–Crippen MR) is 109 cm³/mol. The molecule has 0 aliphatic rings. The number of rotatable bonds is 7. The van der Waals surface area contributed by atoms with Crippen molar-refractivity contribution in [3.8, 4) is 5.75 Å². The number of halogens is 1. The zero-order chi connectivity index (χ0) is 19.2. The van der Waals surface area contributed by atoms with Crippen LogP contribution in [0.25, 0.3) is 0 Å². The highest BCUT2D eigenvalue weighted by Gasteiger charge is 2.21. The lowest BCUT2D eigenvalue weighted by atomic mass is 10.2. The Labute approximate surface area is 168 Å². The minimum atomic E-state index is -0.0668. The molecule has 1 aromatic heterocycles. The van der Waals surface area contributed by atoms with Crippen LogP contribution in [0.5, 0.6) is 5.75 Å². The molecule has 6 heteroatoms. The molecule has 0 aliphatic carbocycles. The van der Waals surface area contributed by atoms with Crippen LogP contribution in [0, 0.1) is 0 Å². The summed E-state index contributed by atoms with van der Waals surface area (Å²) in [5, 5.41) is 3.22. The Morgan fingerprint density at radius 3 is 2.52 bits per heavy atom. The molecule has 0 saturated heterocycles. The second kappa shape index (κ2) is 9.02. The third-order valence-corrected chi connectivity index (χ3v) is 5.10. The van der Waals surface area contributed by atoms with E-state index in [1.807, 2.05) is 61.2 Å². The molecular weight excluding hydrogens is 380 g/mol. The molecule has 2 aromatic carbocycles. The number of ether oxygens (including phenoxy) is 1. The van der Waals surface area contributed by atoms with Gasteiger partial charge in [-0.15, -0.1) is 11.3 Å². The first-order valence-electron chi connectivity index (χ1n) is 8.70. The zero-order valence-electron chi connectivity index (χ0n) is 15.3. The molecule has 0 spiro atoms. The molecule has 4 nitrogen and oxygen atoms in total. The summed E-state index contributed by atoms with van der Waals surface area (Å²) < 4.78 is 5.71. The van der Waals surface area contributed by atoms with Gasteiger partial charge >= 0.3 is 0 Å². The molecule has 0 N–H and O–H groups in total. The fraction of sp³-hybridized carbons (Fsp3) is 0.238. The van der Waals surface area contributed by atoms with Crippen molar-refractivity contribution in [1.29, 1.82) is 0 Å². The Balaban J connectivity index is 1.66. The van der Waals surface area contributed by atoms with Crippen molar-refractivity contribution in [3.05, 3.63) is 81.3 Å². The summed E-state index contributed by atoms with van der Waals surface area (Å²) in [6, 6.07) is 17.2. The van der Waals surface area contributed by atoms with Crippen molar-refractivity contribution < 1.29 is 9.53 Å². The van der Waals surface area contributed by atoms with Crippen molar-refractivity contribution >= 4 is 28.8 Å². The molecular formula is C21H21ClN2O2S. The summed E-state index contributed by atoms with van der Waals surface area (Å²) in [5.74, 6) is 0.651. The molecule has 0 radical (unpaired) electrons. The molecule has 0 fully saturated rings. The Morgan fingerprint density at radius 1 is 1.15 bits per heavy atom. The van der Waals surface area contributed by atoms with Crippen LogP contribution in [0.3, 0.4) is 0 Å². The van der Waals surface area contributed by atoms with Crippen molar-refractivity contribution in [3.63, 3.8) is 0 Å². The lowest BCUT2D eigenvalue weighted by molar-refractivity contribution is 0.0684. The van der Waals surface area contributed by atoms with Crippen LogP contribution in [-0.4, -0.2) is 21.8 Å². The summed E-state index contributed by atoms with van der Waals surface area (Å²) in [5.41, 5.74) is 1.56. The highest BCUT2D eigenvalue weighted by Crippen LogP contribution is 2.20. The van der Waals surface area contributed by atoms with Gasteiger partial charge in [0.1, 0.15) is 23.1 Å². The molecule has 27 heavy (non-hydrogen) atoms. The first-order valence-corrected chi connectivity index (χ1v) is 9.96. The quantitative estimate of drug-likeness (QED) is 0.531. The third kappa shape index (κ3) is 5.31. The number of amides is 1. The molecule has 1 heterocycles. The summed E-state index contributed by atoms with van der Waals surface area (Å²) in [4.78, 5) is 19.2. The minimum absolute atomic E-state index is 0.0668. The highest BCUT2D eigenvalue weighted by atomic mass is 35.5. The molecule has 0 saturated carbocycles. The fourth-order valence-corrected chi connectivity index (χ4v) is 3.37. The number of benzene rings is 2. The number of carbonyl (C=O) groups excluding carboxylic acids is 1. The van der Waals surface area contributed by atoms with Gasteiger partial charge in [-0.2, -0.15) is 0 Å². The number of aromatic nitrogens is 1. The maximum Gasteiger partial charge on any atom is 0.273 e. The van der Waals surface area contributed by atoms with Gasteiger partial charge in [0.25, 0.3) is 5.91 Å². The minimum Gasteiger partial charge on any atom is -0.486 e. The maximum atomic E-state index is 12.9. The van der Waals surface area contributed by atoms with E-state index in [0.29, 0.717) is 23.9 Å². The van der Waals surface area contributed by atoms with E-state index in [0.717, 1.165) is 16.3 Å². The van der Waals surface area contributed by atoms with Gasteiger partial charge in [-0.1, -0.05) is 41.9 Å². The van der Waals surface area contributed by atoms with Crippen molar-refractivity contribution in [2.45, 2.75) is 33.0 Å². The summed E-state index contributed by atoms with van der Waals surface area (Å²) in [6.07, 6.45) is 0. The van der Waals surface area contributed by atoms with E-state index < -0.39 is 0 Å². The Hall–Kier alpha value is -2.37. The molecule has 0 unspecified atom stereocenters. The van der Waals surface area contributed by atoms with Gasteiger partial charge in [-0.25, -0.2) is 4.98 Å². The number of hydrogen-bond acceptors (Lipinski definition) is 4. The van der Waals surface area contributed by atoms with E-state index in [1.54, 1.807) is 17.5 Å². The topological polar surface area (TPSA) is 42.4 Å². The molecule has 0 bridgehead atoms. The Morgan fingerprint density at radius 2 is 1.85 bits per heavy atom. The maximum absolute atomic E-state index is 12.9. The normalized spacial score (nSPS) is 10.8. The summed E-state index contributed by atoms with van der Waals surface area (Å²) >= 11 is 7.30. The van der Waals surface area contributed by atoms with Crippen molar-refractivity contribution in [2.24, 2.45) is 0 Å². The fourth-order valence-electron chi connectivity index (χ4n) is 2.57. The van der Waals surface area contributed by atoms with Gasteiger partial charge in [-0.3, -0.25) is 4.79 Å².